The smallest absolute Gasteiger partial charge is 0.219 e. The Morgan fingerprint density at radius 2 is 2.00 bits per heavy atom. The predicted octanol–water partition coefficient (Wildman–Crippen LogP) is 5.08. The van der Waals surface area contributed by atoms with Crippen LogP contribution in [0.5, 0.6) is 0 Å². The molecule has 1 amide bonds. The fourth-order valence-electron chi connectivity index (χ4n) is 4.36. The molecule has 1 aromatic carbocycles. The summed E-state index contributed by atoms with van der Waals surface area (Å²) in [6.45, 7) is 8.15. The predicted molar refractivity (Wildman–Crippen MR) is 111 cm³/mol. The fourth-order valence-corrected chi connectivity index (χ4v) is 4.36. The molecule has 28 heavy (non-hydrogen) atoms. The summed E-state index contributed by atoms with van der Waals surface area (Å²) >= 11 is 0. The molecule has 1 aromatic heterocycles. The molecule has 0 aliphatic carbocycles. The summed E-state index contributed by atoms with van der Waals surface area (Å²) in [5, 5.41) is 0. The minimum atomic E-state index is -0.0632. The SMILES string of the molecule is CC(=O)N(CC[C@@H](Cc1ccccc1)[C@@H]1CCOC(C)(C)C1)Cc1ccco1. The molecule has 2 aromatic rings. The summed E-state index contributed by atoms with van der Waals surface area (Å²) in [6.07, 6.45) is 5.88. The summed E-state index contributed by atoms with van der Waals surface area (Å²) in [4.78, 5) is 14.1. The van der Waals surface area contributed by atoms with E-state index in [1.165, 1.54) is 5.56 Å². The molecular formula is C24H33NO3. The van der Waals surface area contributed by atoms with Crippen LogP contribution in [-0.2, 0) is 22.5 Å². The largest absolute Gasteiger partial charge is 0.467 e. The number of carbonyl (C=O) groups excluding carboxylic acids is 1. The van der Waals surface area contributed by atoms with Gasteiger partial charge in [0.05, 0.1) is 18.4 Å². The third-order valence-electron chi connectivity index (χ3n) is 5.88. The Labute approximate surface area is 168 Å². The average molecular weight is 384 g/mol. The van der Waals surface area contributed by atoms with Gasteiger partial charge in [0.2, 0.25) is 5.91 Å². The third-order valence-corrected chi connectivity index (χ3v) is 5.88. The number of benzene rings is 1. The molecule has 1 fully saturated rings. The Morgan fingerprint density at radius 3 is 2.64 bits per heavy atom. The third kappa shape index (κ3) is 5.96. The lowest BCUT2D eigenvalue weighted by Gasteiger charge is -2.40. The van der Waals surface area contributed by atoms with Crippen LogP contribution in [-0.4, -0.2) is 29.6 Å². The van der Waals surface area contributed by atoms with Crippen LogP contribution in [0.1, 0.15) is 51.4 Å². The van der Waals surface area contributed by atoms with E-state index in [-0.39, 0.29) is 11.5 Å². The van der Waals surface area contributed by atoms with Crippen molar-refractivity contribution in [3.8, 4) is 0 Å². The zero-order chi connectivity index (χ0) is 20.0. The van der Waals surface area contributed by atoms with Crippen molar-refractivity contribution >= 4 is 5.91 Å². The maximum atomic E-state index is 12.2. The summed E-state index contributed by atoms with van der Waals surface area (Å²) in [5.74, 6) is 2.08. The molecule has 2 heterocycles. The van der Waals surface area contributed by atoms with Crippen molar-refractivity contribution in [2.24, 2.45) is 11.8 Å². The Hall–Kier alpha value is -2.07. The highest BCUT2D eigenvalue weighted by Gasteiger charge is 2.33. The topological polar surface area (TPSA) is 42.7 Å². The molecule has 1 aliphatic rings. The lowest BCUT2D eigenvalue weighted by Crippen LogP contribution is -2.38. The molecule has 0 spiro atoms. The molecule has 3 rings (SSSR count). The number of rotatable bonds is 8. The van der Waals surface area contributed by atoms with Gasteiger partial charge in [-0.05, 0) is 69.1 Å². The number of amides is 1. The van der Waals surface area contributed by atoms with E-state index in [9.17, 15) is 4.79 Å². The van der Waals surface area contributed by atoms with Crippen molar-refractivity contribution < 1.29 is 13.9 Å². The van der Waals surface area contributed by atoms with E-state index >= 15 is 0 Å². The van der Waals surface area contributed by atoms with Gasteiger partial charge in [-0.25, -0.2) is 0 Å². The van der Waals surface area contributed by atoms with Gasteiger partial charge in [-0.2, -0.15) is 0 Å². The van der Waals surface area contributed by atoms with Crippen LogP contribution in [0.4, 0.5) is 0 Å². The van der Waals surface area contributed by atoms with Crippen LogP contribution in [0.3, 0.4) is 0 Å². The first-order valence-electron chi connectivity index (χ1n) is 10.4. The van der Waals surface area contributed by atoms with Crippen molar-refractivity contribution in [3.05, 3.63) is 60.1 Å². The van der Waals surface area contributed by atoms with Crippen molar-refractivity contribution in [3.63, 3.8) is 0 Å². The number of hydrogen-bond donors (Lipinski definition) is 0. The molecule has 2 atom stereocenters. The lowest BCUT2D eigenvalue weighted by atomic mass is 9.75. The van der Waals surface area contributed by atoms with Crippen molar-refractivity contribution in [1.82, 2.24) is 4.90 Å². The zero-order valence-corrected chi connectivity index (χ0v) is 17.4. The van der Waals surface area contributed by atoms with E-state index in [4.69, 9.17) is 9.15 Å². The van der Waals surface area contributed by atoms with E-state index in [1.54, 1.807) is 13.2 Å². The molecular weight excluding hydrogens is 350 g/mol. The summed E-state index contributed by atoms with van der Waals surface area (Å²) in [7, 11) is 0. The Kier molecular flexibility index (Phi) is 6.95. The van der Waals surface area contributed by atoms with E-state index in [0.717, 1.165) is 44.6 Å². The summed E-state index contributed by atoms with van der Waals surface area (Å²) in [5.41, 5.74) is 1.31. The zero-order valence-electron chi connectivity index (χ0n) is 17.4. The monoisotopic (exact) mass is 383 g/mol. The molecule has 0 radical (unpaired) electrons. The van der Waals surface area contributed by atoms with Gasteiger partial charge in [-0.1, -0.05) is 30.3 Å². The average Bonchev–Trinajstić information content (AvgIpc) is 3.17. The molecule has 152 valence electrons. The van der Waals surface area contributed by atoms with Crippen LogP contribution >= 0.6 is 0 Å². The Bertz CT molecular complexity index is 724. The lowest BCUT2D eigenvalue weighted by molar-refractivity contribution is -0.130. The Morgan fingerprint density at radius 1 is 1.21 bits per heavy atom. The first kappa shape index (κ1) is 20.7. The molecule has 0 bridgehead atoms. The van der Waals surface area contributed by atoms with Gasteiger partial charge < -0.3 is 14.1 Å². The molecule has 0 N–H and O–H groups in total. The van der Waals surface area contributed by atoms with E-state index in [2.05, 4.69) is 44.2 Å². The number of hydrogen-bond acceptors (Lipinski definition) is 3. The molecule has 0 saturated carbocycles. The number of nitrogens with zero attached hydrogens (tertiary/aromatic N) is 1. The molecule has 4 heteroatoms. The number of carbonyl (C=O) groups is 1. The van der Waals surface area contributed by atoms with Crippen LogP contribution in [0.25, 0.3) is 0 Å². The van der Waals surface area contributed by atoms with E-state index in [0.29, 0.717) is 18.4 Å². The highest BCUT2D eigenvalue weighted by atomic mass is 16.5. The van der Waals surface area contributed by atoms with Crippen LogP contribution in [0.15, 0.2) is 53.1 Å². The van der Waals surface area contributed by atoms with Gasteiger partial charge >= 0.3 is 0 Å². The van der Waals surface area contributed by atoms with Crippen LogP contribution in [0, 0.1) is 11.8 Å². The van der Waals surface area contributed by atoms with Crippen molar-refractivity contribution in [2.75, 3.05) is 13.2 Å². The summed E-state index contributed by atoms with van der Waals surface area (Å²) in [6, 6.07) is 14.5. The minimum absolute atomic E-state index is 0.0632. The van der Waals surface area contributed by atoms with E-state index in [1.807, 2.05) is 17.0 Å². The van der Waals surface area contributed by atoms with Gasteiger partial charge in [-0.3, -0.25) is 4.79 Å². The molecule has 1 aliphatic heterocycles. The normalized spacial score (nSPS) is 19.9. The first-order chi connectivity index (χ1) is 13.4. The number of furan rings is 1. The second kappa shape index (κ2) is 9.42. The highest BCUT2D eigenvalue weighted by molar-refractivity contribution is 5.73. The van der Waals surface area contributed by atoms with Gasteiger partial charge in [0.1, 0.15) is 5.76 Å². The summed E-state index contributed by atoms with van der Waals surface area (Å²) < 4.78 is 11.4. The molecule has 4 nitrogen and oxygen atoms in total. The van der Waals surface area contributed by atoms with Crippen LogP contribution < -0.4 is 0 Å². The fraction of sp³-hybridized carbons (Fsp3) is 0.542. The minimum Gasteiger partial charge on any atom is -0.467 e. The first-order valence-corrected chi connectivity index (χ1v) is 10.4. The van der Waals surface area contributed by atoms with Gasteiger partial charge in [0, 0.05) is 20.1 Å². The molecule has 0 unspecified atom stereocenters. The maximum Gasteiger partial charge on any atom is 0.219 e. The second-order valence-electron chi connectivity index (χ2n) is 8.62. The van der Waals surface area contributed by atoms with E-state index < -0.39 is 0 Å². The maximum absolute atomic E-state index is 12.2. The highest BCUT2D eigenvalue weighted by Crippen LogP contribution is 2.36. The van der Waals surface area contributed by atoms with Gasteiger partial charge in [-0.15, -0.1) is 0 Å². The van der Waals surface area contributed by atoms with Gasteiger partial charge in [0.25, 0.3) is 0 Å². The molecule has 1 saturated heterocycles. The van der Waals surface area contributed by atoms with Crippen molar-refractivity contribution in [2.45, 2.75) is 58.6 Å². The van der Waals surface area contributed by atoms with Crippen molar-refractivity contribution in [1.29, 1.82) is 0 Å². The quantitative estimate of drug-likeness (QED) is 0.638. The second-order valence-corrected chi connectivity index (χ2v) is 8.62. The van der Waals surface area contributed by atoms with Crippen LogP contribution in [0.2, 0.25) is 0 Å². The Balaban J connectivity index is 1.69. The number of ether oxygens (including phenoxy) is 1. The standard InChI is InChI=1S/C24H33NO3/c1-19(26)25(18-23-10-7-14-27-23)13-11-21(16-20-8-5-4-6-9-20)22-12-15-28-24(2,3)17-22/h4-10,14,21-22H,11-13,15-18H2,1-3H3/t21-,22+/m0/s1. The van der Waals surface area contributed by atoms with Gasteiger partial charge in [0.15, 0.2) is 0 Å².